The third-order valence-corrected chi connectivity index (χ3v) is 5.39. The molecule has 0 saturated carbocycles. The van der Waals surface area contributed by atoms with Crippen molar-refractivity contribution in [2.45, 2.75) is 25.4 Å². The Labute approximate surface area is 150 Å². The maximum atomic E-state index is 3.61. The van der Waals surface area contributed by atoms with Crippen molar-refractivity contribution < 1.29 is 0 Å². The molecule has 2 aromatic rings. The van der Waals surface area contributed by atoms with Crippen molar-refractivity contribution in [3.05, 3.63) is 78.5 Å². The number of piperidine rings is 1. The van der Waals surface area contributed by atoms with Crippen molar-refractivity contribution in [2.75, 3.05) is 13.1 Å². The van der Waals surface area contributed by atoms with Crippen LogP contribution >= 0.6 is 0 Å². The lowest BCUT2D eigenvalue weighted by molar-refractivity contribution is 0.0958. The summed E-state index contributed by atoms with van der Waals surface area (Å²) in [5.41, 5.74) is 1.05. The summed E-state index contributed by atoms with van der Waals surface area (Å²) in [6, 6.07) is 15.1. The molecule has 0 bridgehead atoms. The lowest BCUT2D eigenvalue weighted by Gasteiger charge is -2.45. The number of rotatable bonds is 3. The molecule has 2 heterocycles. The second-order valence-corrected chi connectivity index (χ2v) is 7.28. The highest BCUT2D eigenvalue weighted by molar-refractivity contribution is 5.90. The molecule has 2 aromatic carbocycles. The number of fused-ring (bicyclic) bond motifs is 1. The molecular weight excluding hydrogens is 304 g/mol. The zero-order valence-electron chi connectivity index (χ0n) is 14.9. The van der Waals surface area contributed by atoms with Gasteiger partial charge in [-0.2, -0.15) is 0 Å². The molecule has 2 heteroatoms. The second kappa shape index (κ2) is 6.89. The van der Waals surface area contributed by atoms with Crippen molar-refractivity contribution >= 4 is 16.8 Å². The van der Waals surface area contributed by atoms with Crippen LogP contribution in [0, 0.1) is 5.92 Å². The Morgan fingerprint density at radius 3 is 2.84 bits per heavy atom. The van der Waals surface area contributed by atoms with E-state index >= 15 is 0 Å². The minimum absolute atomic E-state index is 0.222. The highest BCUT2D eigenvalue weighted by Crippen LogP contribution is 2.28. The number of allylic oxidation sites excluding steroid dienone is 2. The highest BCUT2D eigenvalue weighted by atomic mass is 15.3. The Balaban J connectivity index is 1.70. The lowest BCUT2D eigenvalue weighted by Crippen LogP contribution is -2.57. The van der Waals surface area contributed by atoms with E-state index in [0.29, 0.717) is 0 Å². The smallest absolute Gasteiger partial charge is 0.130 e. The molecule has 2 aliphatic heterocycles. The third-order valence-electron chi connectivity index (χ3n) is 5.39. The van der Waals surface area contributed by atoms with Gasteiger partial charge in [0.25, 0.3) is 0 Å². The first kappa shape index (κ1) is 16.2. The minimum atomic E-state index is -0.222. The predicted octanol–water partition coefficient (Wildman–Crippen LogP) is 4.95. The van der Waals surface area contributed by atoms with Crippen molar-refractivity contribution in [3.8, 4) is 0 Å². The summed E-state index contributed by atoms with van der Waals surface area (Å²) < 4.78 is 0. The number of benzene rings is 2. The molecule has 128 valence electrons. The third kappa shape index (κ3) is 3.27. The molecule has 1 N–H and O–H groups in total. The molecular formula is C23H26N2. The van der Waals surface area contributed by atoms with Gasteiger partial charge in [0.1, 0.15) is 5.66 Å². The normalized spacial score (nSPS) is 27.0. The topological polar surface area (TPSA) is 15.3 Å². The van der Waals surface area contributed by atoms with Gasteiger partial charge < -0.3 is 5.32 Å². The van der Waals surface area contributed by atoms with Gasteiger partial charge in [-0.25, -0.2) is 0 Å². The van der Waals surface area contributed by atoms with Crippen LogP contribution in [0.1, 0.15) is 25.3 Å². The van der Waals surface area contributed by atoms with Crippen molar-refractivity contribution in [1.82, 2.24) is 10.2 Å². The lowest BCUT2D eigenvalue weighted by atomic mass is 9.94. The molecule has 2 aliphatic rings. The van der Waals surface area contributed by atoms with Crippen LogP contribution in [0.5, 0.6) is 0 Å². The summed E-state index contributed by atoms with van der Waals surface area (Å²) in [6.45, 7) is 4.62. The maximum Gasteiger partial charge on any atom is 0.130 e. The maximum absolute atomic E-state index is 3.61. The number of nitrogens with zero attached hydrogens (tertiary/aromatic N) is 1. The molecule has 2 atom stereocenters. The van der Waals surface area contributed by atoms with E-state index in [2.05, 4.69) is 96.2 Å². The van der Waals surface area contributed by atoms with Crippen LogP contribution in [0.15, 0.2) is 73.0 Å². The molecule has 2 unspecified atom stereocenters. The fourth-order valence-electron chi connectivity index (χ4n) is 4.03. The summed E-state index contributed by atoms with van der Waals surface area (Å²) in [4.78, 5) is 2.57. The van der Waals surface area contributed by atoms with Crippen LogP contribution in [-0.2, 0) is 0 Å². The summed E-state index contributed by atoms with van der Waals surface area (Å²) in [6.07, 6.45) is 15.8. The molecule has 0 aliphatic carbocycles. The van der Waals surface area contributed by atoms with Gasteiger partial charge in [-0.05, 0) is 59.5 Å². The van der Waals surface area contributed by atoms with Crippen LogP contribution in [0.4, 0.5) is 0 Å². The Hall–Kier alpha value is -2.32. The first-order valence-corrected chi connectivity index (χ1v) is 9.31. The number of dihydropyridines is 1. The van der Waals surface area contributed by atoms with Gasteiger partial charge in [-0.3, -0.25) is 4.90 Å². The van der Waals surface area contributed by atoms with Crippen molar-refractivity contribution in [2.24, 2.45) is 5.92 Å². The number of likely N-dealkylation sites (tertiary alicyclic amines) is 1. The SMILES string of the molecule is CC1CCCN(C2(/C=C/c3cccc4ccccc34)C=CC=CN2)C1. The van der Waals surface area contributed by atoms with Gasteiger partial charge in [-0.1, -0.05) is 61.5 Å². The van der Waals surface area contributed by atoms with E-state index in [-0.39, 0.29) is 5.66 Å². The molecule has 4 rings (SSSR count). The van der Waals surface area contributed by atoms with Crippen LogP contribution in [-0.4, -0.2) is 23.7 Å². The van der Waals surface area contributed by atoms with Crippen LogP contribution in [0.25, 0.3) is 16.8 Å². The fraction of sp³-hybridized carbons (Fsp3) is 0.304. The summed E-state index contributed by atoms with van der Waals surface area (Å²) in [5, 5.41) is 6.21. The predicted molar refractivity (Wildman–Crippen MR) is 107 cm³/mol. The Morgan fingerprint density at radius 1 is 1.12 bits per heavy atom. The first-order valence-electron chi connectivity index (χ1n) is 9.31. The molecule has 0 aromatic heterocycles. The van der Waals surface area contributed by atoms with Crippen LogP contribution in [0.2, 0.25) is 0 Å². The van der Waals surface area contributed by atoms with E-state index in [1.54, 1.807) is 0 Å². The average molecular weight is 330 g/mol. The Kier molecular flexibility index (Phi) is 4.46. The molecule has 1 fully saturated rings. The summed E-state index contributed by atoms with van der Waals surface area (Å²) in [5.74, 6) is 0.748. The largest absolute Gasteiger partial charge is 0.367 e. The van der Waals surface area contributed by atoms with Gasteiger partial charge in [0.05, 0.1) is 0 Å². The van der Waals surface area contributed by atoms with Gasteiger partial charge in [-0.15, -0.1) is 0 Å². The van der Waals surface area contributed by atoms with E-state index < -0.39 is 0 Å². The second-order valence-electron chi connectivity index (χ2n) is 7.28. The Morgan fingerprint density at radius 2 is 2.00 bits per heavy atom. The van der Waals surface area contributed by atoms with Gasteiger partial charge in [0.2, 0.25) is 0 Å². The zero-order valence-corrected chi connectivity index (χ0v) is 14.9. The minimum Gasteiger partial charge on any atom is -0.367 e. The zero-order chi connectivity index (χ0) is 17.1. The number of nitrogens with one attached hydrogen (secondary N) is 1. The number of hydrogen-bond donors (Lipinski definition) is 1. The van der Waals surface area contributed by atoms with E-state index in [1.807, 2.05) is 0 Å². The van der Waals surface area contributed by atoms with E-state index in [0.717, 1.165) is 19.0 Å². The average Bonchev–Trinajstić information content (AvgIpc) is 2.67. The first-order chi connectivity index (χ1) is 12.3. The van der Waals surface area contributed by atoms with E-state index in [9.17, 15) is 0 Å². The van der Waals surface area contributed by atoms with Gasteiger partial charge in [0, 0.05) is 13.1 Å². The standard InChI is InChI=1S/C23H26N2/c1-19-8-7-17-25(18-19)23(14-4-5-16-24-23)15-13-21-11-6-10-20-9-2-3-12-22(20)21/h2-6,9-16,19,24H,7-8,17-18H2,1H3/b15-13+. The fourth-order valence-corrected chi connectivity index (χ4v) is 4.03. The molecule has 1 saturated heterocycles. The summed E-state index contributed by atoms with van der Waals surface area (Å²) in [7, 11) is 0. The molecule has 0 amide bonds. The van der Waals surface area contributed by atoms with Crippen LogP contribution < -0.4 is 5.32 Å². The highest BCUT2D eigenvalue weighted by Gasteiger charge is 2.34. The van der Waals surface area contributed by atoms with E-state index in [4.69, 9.17) is 0 Å². The molecule has 0 spiro atoms. The van der Waals surface area contributed by atoms with Crippen molar-refractivity contribution in [1.29, 1.82) is 0 Å². The molecule has 0 radical (unpaired) electrons. The van der Waals surface area contributed by atoms with Crippen molar-refractivity contribution in [3.63, 3.8) is 0 Å². The van der Waals surface area contributed by atoms with Crippen LogP contribution in [0.3, 0.4) is 0 Å². The monoisotopic (exact) mass is 330 g/mol. The van der Waals surface area contributed by atoms with Gasteiger partial charge >= 0.3 is 0 Å². The molecule has 25 heavy (non-hydrogen) atoms. The van der Waals surface area contributed by atoms with Gasteiger partial charge in [0.15, 0.2) is 0 Å². The summed E-state index contributed by atoms with van der Waals surface area (Å²) >= 11 is 0. The number of hydrogen-bond acceptors (Lipinski definition) is 2. The van der Waals surface area contributed by atoms with E-state index in [1.165, 1.54) is 29.2 Å². The molecule has 2 nitrogen and oxygen atoms in total. The Bertz CT molecular complexity index is 828. The quantitative estimate of drug-likeness (QED) is 0.856.